The minimum absolute atomic E-state index is 0.00893. The second-order valence-corrected chi connectivity index (χ2v) is 4.58. The minimum atomic E-state index is 0.00893. The number of unbranched alkanes of at least 4 members (excludes halogenated alkanes) is 2. The highest BCUT2D eigenvalue weighted by atomic mass is 16.6. The summed E-state index contributed by atoms with van der Waals surface area (Å²) in [6.45, 7) is 4.45. The molecule has 1 aliphatic heterocycles. The third-order valence-electron chi connectivity index (χ3n) is 3.36. The molecule has 1 heterocycles. The van der Waals surface area contributed by atoms with Crippen LogP contribution in [0.4, 0.5) is 0 Å². The summed E-state index contributed by atoms with van der Waals surface area (Å²) in [5.74, 6) is 0. The molecule has 0 bridgehead atoms. The molecule has 1 heteroatoms. The van der Waals surface area contributed by atoms with Gasteiger partial charge in [-0.15, -0.1) is 0 Å². The molecule has 1 fully saturated rings. The quantitative estimate of drug-likeness (QED) is 0.524. The second kappa shape index (κ2) is 4.36. The Labute approximate surface area is 92.5 Å². The van der Waals surface area contributed by atoms with Crippen molar-refractivity contribution in [3.8, 4) is 0 Å². The van der Waals surface area contributed by atoms with Crippen LogP contribution in [0.15, 0.2) is 30.3 Å². The Balaban J connectivity index is 1.90. The molecule has 0 aromatic heterocycles. The molecule has 0 radical (unpaired) electrons. The molecule has 0 unspecified atom stereocenters. The van der Waals surface area contributed by atoms with Crippen LogP contribution in [0.25, 0.3) is 0 Å². The summed E-state index contributed by atoms with van der Waals surface area (Å²) in [4.78, 5) is 0. The molecule has 1 aliphatic rings. The van der Waals surface area contributed by atoms with Crippen LogP contribution in [0, 0.1) is 0 Å². The van der Waals surface area contributed by atoms with Crippen molar-refractivity contribution in [2.75, 3.05) is 0 Å². The Morgan fingerprint density at radius 3 is 2.60 bits per heavy atom. The third kappa shape index (κ3) is 2.23. The monoisotopic (exact) mass is 204 g/mol. The van der Waals surface area contributed by atoms with Crippen molar-refractivity contribution >= 4 is 0 Å². The molecule has 2 atom stereocenters. The van der Waals surface area contributed by atoms with E-state index in [1.54, 1.807) is 0 Å². The van der Waals surface area contributed by atoms with Crippen LogP contribution >= 0.6 is 0 Å². The highest BCUT2D eigenvalue weighted by Gasteiger charge is 2.52. The molecule has 0 amide bonds. The summed E-state index contributed by atoms with van der Waals surface area (Å²) < 4.78 is 5.84. The third-order valence-corrected chi connectivity index (χ3v) is 3.36. The number of epoxide rings is 1. The van der Waals surface area contributed by atoms with Gasteiger partial charge in [0.1, 0.15) is 5.60 Å². The van der Waals surface area contributed by atoms with E-state index in [2.05, 4.69) is 44.2 Å². The molecular formula is C14H20O. The van der Waals surface area contributed by atoms with Crippen LogP contribution in [0.1, 0.15) is 45.1 Å². The van der Waals surface area contributed by atoms with E-state index >= 15 is 0 Å². The average Bonchev–Trinajstić information content (AvgIpc) is 2.93. The van der Waals surface area contributed by atoms with Crippen molar-refractivity contribution in [2.45, 2.75) is 51.2 Å². The van der Waals surface area contributed by atoms with Gasteiger partial charge in [0.2, 0.25) is 0 Å². The lowest BCUT2D eigenvalue weighted by atomic mass is 9.95. The number of ether oxygens (including phenoxy) is 1. The first-order valence-corrected chi connectivity index (χ1v) is 6.00. The van der Waals surface area contributed by atoms with E-state index < -0.39 is 0 Å². The van der Waals surface area contributed by atoms with Gasteiger partial charge in [0.25, 0.3) is 0 Å². The molecule has 1 saturated heterocycles. The first-order chi connectivity index (χ1) is 7.27. The molecule has 0 aliphatic carbocycles. The molecule has 82 valence electrons. The summed E-state index contributed by atoms with van der Waals surface area (Å²) in [6.07, 6.45) is 5.56. The Hall–Kier alpha value is -0.820. The van der Waals surface area contributed by atoms with Gasteiger partial charge in [0, 0.05) is 0 Å². The van der Waals surface area contributed by atoms with Gasteiger partial charge in [-0.2, -0.15) is 0 Å². The molecule has 0 spiro atoms. The van der Waals surface area contributed by atoms with Gasteiger partial charge in [-0.25, -0.2) is 0 Å². The van der Waals surface area contributed by atoms with E-state index in [-0.39, 0.29) is 5.60 Å². The van der Waals surface area contributed by atoms with Crippen molar-refractivity contribution in [3.63, 3.8) is 0 Å². The van der Waals surface area contributed by atoms with Crippen molar-refractivity contribution in [2.24, 2.45) is 0 Å². The number of hydrogen-bond acceptors (Lipinski definition) is 1. The molecule has 0 N–H and O–H groups in total. The summed E-state index contributed by atoms with van der Waals surface area (Å²) >= 11 is 0. The summed E-state index contributed by atoms with van der Waals surface area (Å²) in [6, 6.07) is 10.6. The van der Waals surface area contributed by atoms with Crippen LogP contribution < -0.4 is 0 Å². The van der Waals surface area contributed by atoms with E-state index in [1.807, 2.05) is 0 Å². The maximum Gasteiger partial charge on any atom is 0.117 e. The van der Waals surface area contributed by atoms with Crippen LogP contribution in [-0.4, -0.2) is 6.10 Å². The van der Waals surface area contributed by atoms with Crippen LogP contribution in [0.3, 0.4) is 0 Å². The van der Waals surface area contributed by atoms with Crippen molar-refractivity contribution < 1.29 is 4.74 Å². The molecule has 15 heavy (non-hydrogen) atoms. The van der Waals surface area contributed by atoms with Gasteiger partial charge in [0.15, 0.2) is 0 Å². The standard InChI is InChI=1S/C14H20O/c1-3-4-6-11-13-14(2,15-13)12-9-7-5-8-10-12/h5,7-10,13H,3-4,6,11H2,1-2H3/t13-,14+/m1/s1. The summed E-state index contributed by atoms with van der Waals surface area (Å²) in [7, 11) is 0. The zero-order valence-electron chi connectivity index (χ0n) is 9.70. The van der Waals surface area contributed by atoms with Crippen LogP contribution in [-0.2, 0) is 10.3 Å². The lowest BCUT2D eigenvalue weighted by Gasteiger charge is -2.06. The lowest BCUT2D eigenvalue weighted by Crippen LogP contribution is -2.07. The van der Waals surface area contributed by atoms with E-state index in [1.165, 1.54) is 31.2 Å². The van der Waals surface area contributed by atoms with E-state index in [9.17, 15) is 0 Å². The number of rotatable bonds is 5. The first kappa shape index (κ1) is 10.7. The highest BCUT2D eigenvalue weighted by molar-refractivity contribution is 5.27. The lowest BCUT2D eigenvalue weighted by molar-refractivity contribution is 0.307. The average molecular weight is 204 g/mol. The van der Waals surface area contributed by atoms with Gasteiger partial charge in [-0.05, 0) is 18.9 Å². The molecule has 2 rings (SSSR count). The Kier molecular flexibility index (Phi) is 3.11. The summed E-state index contributed by atoms with van der Waals surface area (Å²) in [5, 5.41) is 0. The van der Waals surface area contributed by atoms with E-state index in [4.69, 9.17) is 4.74 Å². The molecular weight excluding hydrogens is 184 g/mol. The predicted octanol–water partition coefficient (Wildman–Crippen LogP) is 3.88. The maximum absolute atomic E-state index is 5.84. The van der Waals surface area contributed by atoms with Gasteiger partial charge in [-0.1, -0.05) is 56.5 Å². The van der Waals surface area contributed by atoms with Crippen molar-refractivity contribution in [1.82, 2.24) is 0 Å². The fraction of sp³-hybridized carbons (Fsp3) is 0.571. The summed E-state index contributed by atoms with van der Waals surface area (Å²) in [5.41, 5.74) is 1.33. The highest BCUT2D eigenvalue weighted by Crippen LogP contribution is 2.48. The molecule has 1 nitrogen and oxygen atoms in total. The molecule has 0 saturated carbocycles. The van der Waals surface area contributed by atoms with Gasteiger partial charge < -0.3 is 4.74 Å². The Morgan fingerprint density at radius 1 is 1.20 bits per heavy atom. The molecule has 1 aromatic carbocycles. The number of hydrogen-bond donors (Lipinski definition) is 0. The Morgan fingerprint density at radius 2 is 1.93 bits per heavy atom. The minimum Gasteiger partial charge on any atom is -0.361 e. The fourth-order valence-corrected chi connectivity index (χ4v) is 2.20. The van der Waals surface area contributed by atoms with E-state index in [0.29, 0.717) is 6.10 Å². The largest absolute Gasteiger partial charge is 0.361 e. The normalized spacial score (nSPS) is 29.1. The predicted molar refractivity (Wildman–Crippen MR) is 62.8 cm³/mol. The topological polar surface area (TPSA) is 12.5 Å². The van der Waals surface area contributed by atoms with Crippen molar-refractivity contribution in [1.29, 1.82) is 0 Å². The van der Waals surface area contributed by atoms with Crippen LogP contribution in [0.2, 0.25) is 0 Å². The molecule has 1 aromatic rings. The van der Waals surface area contributed by atoms with E-state index in [0.717, 1.165) is 0 Å². The van der Waals surface area contributed by atoms with Gasteiger partial charge in [-0.3, -0.25) is 0 Å². The number of benzene rings is 1. The Bertz CT molecular complexity index is 306. The van der Waals surface area contributed by atoms with Crippen molar-refractivity contribution in [3.05, 3.63) is 35.9 Å². The smallest absolute Gasteiger partial charge is 0.117 e. The van der Waals surface area contributed by atoms with Crippen LogP contribution in [0.5, 0.6) is 0 Å². The zero-order chi connectivity index (χ0) is 10.7. The fourth-order valence-electron chi connectivity index (χ4n) is 2.20. The SMILES string of the molecule is CCCCC[C@H]1O[C@@]1(C)c1ccccc1. The first-order valence-electron chi connectivity index (χ1n) is 6.00. The maximum atomic E-state index is 5.84. The van der Waals surface area contributed by atoms with Gasteiger partial charge in [0.05, 0.1) is 6.10 Å². The second-order valence-electron chi connectivity index (χ2n) is 4.58. The zero-order valence-corrected chi connectivity index (χ0v) is 9.70. The van der Waals surface area contributed by atoms with Gasteiger partial charge >= 0.3 is 0 Å².